The highest BCUT2D eigenvalue weighted by Crippen LogP contribution is 2.27. The molecule has 1 aliphatic heterocycles. The summed E-state index contributed by atoms with van der Waals surface area (Å²) in [5, 5.41) is 5.01. The molecule has 0 unspecified atom stereocenters. The standard InChI is InChI=1S/C21H23FN4O2/c1-14(2)26-13-15(12-23-26)19-11-18(17-5-4-16(22)10-20(17)24-19)21(27)25-6-3-8-28-9-7-25/h4-5,10-14H,3,6-9H2,1-2H3. The second-order valence-electron chi connectivity index (χ2n) is 7.28. The molecule has 1 aliphatic rings. The predicted octanol–water partition coefficient (Wildman–Crippen LogP) is 3.68. The van der Waals surface area contributed by atoms with Crippen LogP contribution in [0.5, 0.6) is 0 Å². The quantitative estimate of drug-likeness (QED) is 0.693. The Bertz CT molecular complexity index is 1010. The number of amides is 1. The zero-order valence-corrected chi connectivity index (χ0v) is 16.1. The van der Waals surface area contributed by atoms with Crippen molar-refractivity contribution in [2.45, 2.75) is 26.3 Å². The minimum atomic E-state index is -0.378. The summed E-state index contributed by atoms with van der Waals surface area (Å²) in [6, 6.07) is 6.36. The van der Waals surface area contributed by atoms with E-state index in [1.807, 2.05) is 24.7 Å². The van der Waals surface area contributed by atoms with Gasteiger partial charge < -0.3 is 9.64 Å². The highest BCUT2D eigenvalue weighted by atomic mass is 19.1. The number of hydrogen-bond donors (Lipinski definition) is 0. The van der Waals surface area contributed by atoms with E-state index >= 15 is 0 Å². The van der Waals surface area contributed by atoms with Crippen LogP contribution in [0, 0.1) is 5.82 Å². The average molecular weight is 382 g/mol. The maximum absolute atomic E-state index is 13.9. The van der Waals surface area contributed by atoms with Gasteiger partial charge in [-0.2, -0.15) is 5.10 Å². The van der Waals surface area contributed by atoms with E-state index in [1.54, 1.807) is 23.2 Å². The predicted molar refractivity (Wildman–Crippen MR) is 105 cm³/mol. The molecule has 1 aromatic carbocycles. The molecule has 28 heavy (non-hydrogen) atoms. The van der Waals surface area contributed by atoms with Crippen LogP contribution in [0.25, 0.3) is 22.2 Å². The SMILES string of the molecule is CC(C)n1cc(-c2cc(C(=O)N3CCCOCC3)c3ccc(F)cc3n2)cn1. The topological polar surface area (TPSA) is 60.2 Å². The molecule has 0 atom stereocenters. The number of fused-ring (bicyclic) bond motifs is 1. The van der Waals surface area contributed by atoms with Gasteiger partial charge in [0.1, 0.15) is 5.82 Å². The number of ether oxygens (including phenoxy) is 1. The van der Waals surface area contributed by atoms with Crippen LogP contribution in [0.1, 0.15) is 36.7 Å². The summed E-state index contributed by atoms with van der Waals surface area (Å²) in [6.45, 7) is 6.45. The van der Waals surface area contributed by atoms with Crippen LogP contribution in [0.3, 0.4) is 0 Å². The van der Waals surface area contributed by atoms with Crippen molar-refractivity contribution in [1.82, 2.24) is 19.7 Å². The summed E-state index contributed by atoms with van der Waals surface area (Å²) in [5.41, 5.74) is 2.40. The number of nitrogens with zero attached hydrogens (tertiary/aromatic N) is 4. The van der Waals surface area contributed by atoms with Gasteiger partial charge in [0, 0.05) is 49.0 Å². The third kappa shape index (κ3) is 3.62. The van der Waals surface area contributed by atoms with Crippen LogP contribution < -0.4 is 0 Å². The third-order valence-electron chi connectivity index (χ3n) is 4.94. The molecular formula is C21H23FN4O2. The van der Waals surface area contributed by atoms with Crippen molar-refractivity contribution in [3.63, 3.8) is 0 Å². The molecule has 0 aliphatic carbocycles. The Morgan fingerprint density at radius 2 is 2.07 bits per heavy atom. The van der Waals surface area contributed by atoms with Crippen molar-refractivity contribution in [1.29, 1.82) is 0 Å². The summed E-state index contributed by atoms with van der Waals surface area (Å²) in [5.74, 6) is -0.460. The Kier molecular flexibility index (Phi) is 5.09. The molecule has 1 amide bonds. The highest BCUT2D eigenvalue weighted by Gasteiger charge is 2.22. The lowest BCUT2D eigenvalue weighted by Gasteiger charge is -2.21. The summed E-state index contributed by atoms with van der Waals surface area (Å²) >= 11 is 0. The number of hydrogen-bond acceptors (Lipinski definition) is 4. The summed E-state index contributed by atoms with van der Waals surface area (Å²) in [4.78, 5) is 19.7. The molecule has 3 aromatic rings. The largest absolute Gasteiger partial charge is 0.380 e. The highest BCUT2D eigenvalue weighted by molar-refractivity contribution is 6.07. The Balaban J connectivity index is 1.82. The molecule has 6 nitrogen and oxygen atoms in total. The smallest absolute Gasteiger partial charge is 0.254 e. The van der Waals surface area contributed by atoms with E-state index in [9.17, 15) is 9.18 Å². The number of benzene rings is 1. The molecule has 0 spiro atoms. The van der Waals surface area contributed by atoms with Crippen molar-refractivity contribution < 1.29 is 13.9 Å². The minimum absolute atomic E-state index is 0.0815. The van der Waals surface area contributed by atoms with Gasteiger partial charge in [0.25, 0.3) is 5.91 Å². The number of aromatic nitrogens is 3. The molecule has 1 saturated heterocycles. The lowest BCUT2D eigenvalue weighted by atomic mass is 10.0. The molecule has 0 bridgehead atoms. The Hall–Kier alpha value is -2.80. The van der Waals surface area contributed by atoms with E-state index in [0.29, 0.717) is 48.5 Å². The van der Waals surface area contributed by atoms with E-state index in [-0.39, 0.29) is 17.8 Å². The number of pyridine rings is 1. The van der Waals surface area contributed by atoms with Crippen molar-refractivity contribution >= 4 is 16.8 Å². The van der Waals surface area contributed by atoms with Crippen molar-refractivity contribution in [2.75, 3.05) is 26.3 Å². The molecule has 0 saturated carbocycles. The molecule has 7 heteroatoms. The molecule has 2 aromatic heterocycles. The van der Waals surface area contributed by atoms with Crippen LogP contribution in [0.4, 0.5) is 4.39 Å². The van der Waals surface area contributed by atoms with E-state index in [4.69, 9.17) is 4.74 Å². The first-order chi connectivity index (χ1) is 13.5. The monoisotopic (exact) mass is 382 g/mol. The first-order valence-corrected chi connectivity index (χ1v) is 9.55. The lowest BCUT2D eigenvalue weighted by molar-refractivity contribution is 0.0743. The third-order valence-corrected chi connectivity index (χ3v) is 4.94. The van der Waals surface area contributed by atoms with Crippen molar-refractivity contribution in [2.24, 2.45) is 0 Å². The second-order valence-corrected chi connectivity index (χ2v) is 7.28. The number of halogens is 1. The van der Waals surface area contributed by atoms with Gasteiger partial charge in [0.15, 0.2) is 0 Å². The fourth-order valence-electron chi connectivity index (χ4n) is 3.40. The zero-order valence-electron chi connectivity index (χ0n) is 16.1. The maximum Gasteiger partial charge on any atom is 0.254 e. The van der Waals surface area contributed by atoms with E-state index in [1.165, 1.54) is 12.1 Å². The molecule has 1 fully saturated rings. The van der Waals surface area contributed by atoms with Crippen LogP contribution in [-0.2, 0) is 4.74 Å². The van der Waals surface area contributed by atoms with Gasteiger partial charge >= 0.3 is 0 Å². The first kappa shape index (κ1) is 18.6. The first-order valence-electron chi connectivity index (χ1n) is 9.55. The molecular weight excluding hydrogens is 359 g/mol. The fraction of sp³-hybridized carbons (Fsp3) is 0.381. The fourth-order valence-corrected chi connectivity index (χ4v) is 3.40. The normalized spacial score (nSPS) is 15.2. The van der Waals surface area contributed by atoms with Gasteiger partial charge in [0.2, 0.25) is 0 Å². The number of rotatable bonds is 3. The van der Waals surface area contributed by atoms with Crippen LogP contribution >= 0.6 is 0 Å². The van der Waals surface area contributed by atoms with Crippen LogP contribution in [0.15, 0.2) is 36.7 Å². The lowest BCUT2D eigenvalue weighted by Crippen LogP contribution is -2.33. The molecule has 0 radical (unpaired) electrons. The van der Waals surface area contributed by atoms with Gasteiger partial charge in [-0.3, -0.25) is 9.48 Å². The summed E-state index contributed by atoms with van der Waals surface area (Å²) in [6.07, 6.45) is 4.42. The minimum Gasteiger partial charge on any atom is -0.380 e. The molecule has 146 valence electrons. The summed E-state index contributed by atoms with van der Waals surface area (Å²) in [7, 11) is 0. The van der Waals surface area contributed by atoms with Crippen molar-refractivity contribution in [3.8, 4) is 11.3 Å². The summed E-state index contributed by atoms with van der Waals surface area (Å²) < 4.78 is 21.2. The van der Waals surface area contributed by atoms with Gasteiger partial charge in [-0.25, -0.2) is 9.37 Å². The number of carbonyl (C=O) groups excluding carboxylic acids is 1. The maximum atomic E-state index is 13.9. The Labute approximate surface area is 162 Å². The Morgan fingerprint density at radius 1 is 1.21 bits per heavy atom. The Morgan fingerprint density at radius 3 is 2.86 bits per heavy atom. The van der Waals surface area contributed by atoms with Gasteiger partial charge in [-0.05, 0) is 38.5 Å². The average Bonchev–Trinajstić information content (AvgIpc) is 3.03. The van der Waals surface area contributed by atoms with E-state index < -0.39 is 0 Å². The van der Waals surface area contributed by atoms with Gasteiger partial charge in [-0.15, -0.1) is 0 Å². The zero-order chi connectivity index (χ0) is 19.7. The van der Waals surface area contributed by atoms with E-state index in [2.05, 4.69) is 10.1 Å². The number of carbonyl (C=O) groups is 1. The molecule has 0 N–H and O–H groups in total. The van der Waals surface area contributed by atoms with Crippen molar-refractivity contribution in [3.05, 3.63) is 48.0 Å². The van der Waals surface area contributed by atoms with Crippen LogP contribution in [0.2, 0.25) is 0 Å². The van der Waals surface area contributed by atoms with Gasteiger partial charge in [0.05, 0.1) is 29.6 Å². The second kappa shape index (κ2) is 7.67. The van der Waals surface area contributed by atoms with Crippen LogP contribution in [-0.4, -0.2) is 51.9 Å². The van der Waals surface area contributed by atoms with E-state index in [0.717, 1.165) is 12.0 Å². The molecule has 3 heterocycles. The molecule has 4 rings (SSSR count). The van der Waals surface area contributed by atoms with Gasteiger partial charge in [-0.1, -0.05) is 0 Å².